The topological polar surface area (TPSA) is 54.2 Å². The second kappa shape index (κ2) is 6.04. The third-order valence-electron chi connectivity index (χ3n) is 2.01. The van der Waals surface area contributed by atoms with Gasteiger partial charge in [-0.2, -0.15) is 4.98 Å². The number of rotatable bonds is 6. The van der Waals surface area contributed by atoms with Crippen LogP contribution in [0.15, 0.2) is 4.52 Å². The van der Waals surface area contributed by atoms with Gasteiger partial charge in [-0.1, -0.05) is 5.92 Å². The van der Waals surface area contributed by atoms with Gasteiger partial charge >= 0.3 is 0 Å². The summed E-state index contributed by atoms with van der Waals surface area (Å²) in [6, 6.07) is 0. The first-order chi connectivity index (χ1) is 7.31. The van der Waals surface area contributed by atoms with Crippen LogP contribution in [0.25, 0.3) is 0 Å². The zero-order valence-electron chi connectivity index (χ0n) is 9.16. The van der Waals surface area contributed by atoms with Gasteiger partial charge in [-0.15, -0.1) is 6.42 Å². The number of hydrogen-bond acceptors (Lipinski definition) is 5. The summed E-state index contributed by atoms with van der Waals surface area (Å²) in [5, 5.41) is 6.87. The predicted octanol–water partition coefficient (Wildman–Crippen LogP) is 0.639. The monoisotopic (exact) mass is 208 g/mol. The van der Waals surface area contributed by atoms with Crippen molar-refractivity contribution in [1.29, 1.82) is 0 Å². The van der Waals surface area contributed by atoms with E-state index < -0.39 is 0 Å². The first-order valence-electron chi connectivity index (χ1n) is 5.03. The fourth-order valence-electron chi connectivity index (χ4n) is 1.19. The van der Waals surface area contributed by atoms with Crippen molar-refractivity contribution >= 4 is 5.95 Å². The Morgan fingerprint density at radius 2 is 2.20 bits per heavy atom. The van der Waals surface area contributed by atoms with Crippen molar-refractivity contribution in [2.45, 2.75) is 20.4 Å². The molecule has 82 valence electrons. The molecule has 0 spiro atoms. The van der Waals surface area contributed by atoms with E-state index in [0.29, 0.717) is 24.9 Å². The lowest BCUT2D eigenvalue weighted by Crippen LogP contribution is -2.23. The molecule has 5 heteroatoms. The average Bonchev–Trinajstić information content (AvgIpc) is 2.69. The van der Waals surface area contributed by atoms with Crippen molar-refractivity contribution in [3.63, 3.8) is 0 Å². The molecule has 0 saturated heterocycles. The van der Waals surface area contributed by atoms with E-state index in [1.807, 2.05) is 4.90 Å². The molecule has 1 rings (SSSR count). The van der Waals surface area contributed by atoms with Crippen LogP contribution in [0, 0.1) is 12.3 Å². The minimum Gasteiger partial charge on any atom is -0.339 e. The van der Waals surface area contributed by atoms with Crippen LogP contribution in [-0.4, -0.2) is 29.8 Å². The summed E-state index contributed by atoms with van der Waals surface area (Å²) in [5.41, 5.74) is 0. The number of anilines is 1. The number of hydrogen-bond donors (Lipinski definition) is 1. The van der Waals surface area contributed by atoms with E-state index in [0.717, 1.165) is 13.1 Å². The van der Waals surface area contributed by atoms with Crippen molar-refractivity contribution in [2.24, 2.45) is 0 Å². The van der Waals surface area contributed by atoms with Crippen LogP contribution >= 0.6 is 0 Å². The molecule has 1 aromatic rings. The Bertz CT molecular complexity index is 324. The highest BCUT2D eigenvalue weighted by molar-refractivity contribution is 5.26. The maximum atomic E-state index is 5.10. The molecule has 0 radical (unpaired) electrons. The highest BCUT2D eigenvalue weighted by Gasteiger charge is 2.10. The average molecular weight is 208 g/mol. The van der Waals surface area contributed by atoms with Crippen LogP contribution in [0.5, 0.6) is 0 Å². The molecule has 0 aliphatic carbocycles. The quantitative estimate of drug-likeness (QED) is 0.549. The molecule has 0 aliphatic heterocycles. The fourth-order valence-corrected chi connectivity index (χ4v) is 1.19. The first-order valence-corrected chi connectivity index (χ1v) is 5.03. The Hall–Kier alpha value is -1.54. The predicted molar refractivity (Wildman–Crippen MR) is 58.4 cm³/mol. The van der Waals surface area contributed by atoms with Crippen LogP contribution < -0.4 is 10.2 Å². The van der Waals surface area contributed by atoms with Gasteiger partial charge < -0.3 is 9.42 Å². The van der Waals surface area contributed by atoms with E-state index in [9.17, 15) is 0 Å². The van der Waals surface area contributed by atoms with E-state index in [-0.39, 0.29) is 0 Å². The molecule has 0 fully saturated rings. The normalized spacial score (nSPS) is 9.93. The molecule has 5 nitrogen and oxygen atoms in total. The van der Waals surface area contributed by atoms with Gasteiger partial charge in [0.15, 0.2) is 0 Å². The highest BCUT2D eigenvalue weighted by atomic mass is 16.5. The Morgan fingerprint density at radius 3 is 2.80 bits per heavy atom. The zero-order valence-corrected chi connectivity index (χ0v) is 9.16. The summed E-state index contributed by atoms with van der Waals surface area (Å²) >= 11 is 0. The second-order valence-electron chi connectivity index (χ2n) is 2.97. The van der Waals surface area contributed by atoms with Gasteiger partial charge in [-0.25, -0.2) is 0 Å². The minimum absolute atomic E-state index is 0.503. The highest BCUT2D eigenvalue weighted by Crippen LogP contribution is 2.07. The van der Waals surface area contributed by atoms with Crippen molar-refractivity contribution in [2.75, 3.05) is 24.5 Å². The lowest BCUT2D eigenvalue weighted by molar-refractivity contribution is 0.369. The molecule has 1 heterocycles. The number of aromatic nitrogens is 2. The van der Waals surface area contributed by atoms with E-state index in [1.165, 1.54) is 0 Å². The molecule has 1 aromatic heterocycles. The van der Waals surface area contributed by atoms with Gasteiger partial charge in [0.2, 0.25) is 5.89 Å². The molecule has 1 N–H and O–H groups in total. The second-order valence-corrected chi connectivity index (χ2v) is 2.97. The van der Waals surface area contributed by atoms with Gasteiger partial charge in [-0.3, -0.25) is 5.32 Å². The summed E-state index contributed by atoms with van der Waals surface area (Å²) < 4.78 is 5.06. The Balaban J connectivity index is 2.52. The van der Waals surface area contributed by atoms with Crippen LogP contribution in [0.4, 0.5) is 5.95 Å². The van der Waals surface area contributed by atoms with Crippen LogP contribution in [0.1, 0.15) is 19.7 Å². The van der Waals surface area contributed by atoms with Crippen LogP contribution in [0.3, 0.4) is 0 Å². The van der Waals surface area contributed by atoms with Crippen LogP contribution in [-0.2, 0) is 6.54 Å². The van der Waals surface area contributed by atoms with E-state index in [2.05, 4.69) is 35.2 Å². The molecule has 0 bridgehead atoms. The van der Waals surface area contributed by atoms with Crippen molar-refractivity contribution in [3.8, 4) is 12.3 Å². The van der Waals surface area contributed by atoms with Gasteiger partial charge in [0.25, 0.3) is 5.95 Å². The molecule has 15 heavy (non-hydrogen) atoms. The number of nitrogens with one attached hydrogen (secondary N) is 1. The van der Waals surface area contributed by atoms with Crippen molar-refractivity contribution in [3.05, 3.63) is 5.89 Å². The maximum Gasteiger partial charge on any atom is 0.266 e. The molecular weight excluding hydrogens is 192 g/mol. The van der Waals surface area contributed by atoms with E-state index in [4.69, 9.17) is 10.9 Å². The standard InChI is InChI=1S/C10H16N4O/c1-4-7-11-8-9-12-10(13-15-9)14(5-2)6-3/h1,11H,5-8H2,2-3H3. The Kier molecular flexibility index (Phi) is 4.64. The SMILES string of the molecule is C#CCNCc1nc(N(CC)CC)no1. The van der Waals surface area contributed by atoms with Gasteiger partial charge in [-0.05, 0) is 19.0 Å². The molecule has 0 atom stereocenters. The summed E-state index contributed by atoms with van der Waals surface area (Å²) in [5.74, 6) is 3.68. The number of terminal acetylenes is 1. The molecule has 0 amide bonds. The maximum absolute atomic E-state index is 5.10. The first kappa shape index (κ1) is 11.5. The molecule has 0 aromatic carbocycles. The molecule has 0 saturated carbocycles. The van der Waals surface area contributed by atoms with Crippen molar-refractivity contribution in [1.82, 2.24) is 15.5 Å². The van der Waals surface area contributed by atoms with E-state index in [1.54, 1.807) is 0 Å². The number of nitrogens with zero attached hydrogens (tertiary/aromatic N) is 3. The third-order valence-corrected chi connectivity index (χ3v) is 2.01. The molecule has 0 unspecified atom stereocenters. The molecular formula is C10H16N4O. The lowest BCUT2D eigenvalue weighted by Gasteiger charge is -2.14. The summed E-state index contributed by atoms with van der Waals surface area (Å²) in [7, 11) is 0. The summed E-state index contributed by atoms with van der Waals surface area (Å²) in [6.07, 6.45) is 5.10. The largest absolute Gasteiger partial charge is 0.339 e. The van der Waals surface area contributed by atoms with Crippen molar-refractivity contribution < 1.29 is 4.52 Å². The van der Waals surface area contributed by atoms with E-state index >= 15 is 0 Å². The van der Waals surface area contributed by atoms with Gasteiger partial charge in [0.05, 0.1) is 13.1 Å². The lowest BCUT2D eigenvalue weighted by atomic mass is 10.5. The van der Waals surface area contributed by atoms with Crippen LogP contribution in [0.2, 0.25) is 0 Å². The smallest absolute Gasteiger partial charge is 0.266 e. The zero-order chi connectivity index (χ0) is 11.1. The van der Waals surface area contributed by atoms with Gasteiger partial charge in [0, 0.05) is 13.1 Å². The summed E-state index contributed by atoms with van der Waals surface area (Å²) in [6.45, 7) is 6.86. The molecule has 0 aliphatic rings. The third kappa shape index (κ3) is 3.26. The van der Waals surface area contributed by atoms with Gasteiger partial charge in [0.1, 0.15) is 0 Å². The fraction of sp³-hybridized carbons (Fsp3) is 0.600. The summed E-state index contributed by atoms with van der Waals surface area (Å²) in [4.78, 5) is 6.26. The Labute approximate surface area is 89.8 Å². The Morgan fingerprint density at radius 1 is 1.47 bits per heavy atom. The minimum atomic E-state index is 0.503.